The Morgan fingerprint density at radius 3 is 2.63 bits per heavy atom. The lowest BCUT2D eigenvalue weighted by atomic mass is 9.90. The number of hydrogen-bond donors (Lipinski definition) is 0. The van der Waals surface area contributed by atoms with Crippen molar-refractivity contribution in [2.45, 2.75) is 32.2 Å². The Morgan fingerprint density at radius 1 is 0.963 bits per heavy atom. The van der Waals surface area contributed by atoms with E-state index in [1.165, 1.54) is 0 Å². The highest BCUT2D eigenvalue weighted by Crippen LogP contribution is 2.38. The van der Waals surface area contributed by atoms with Crippen LogP contribution in [0.15, 0.2) is 39.5 Å². The number of aryl methyl sites for hydroxylation is 1. The molecule has 2 aliphatic rings. The number of ether oxygens (including phenoxy) is 1. The second-order valence-electron chi connectivity index (χ2n) is 7.04. The lowest BCUT2D eigenvalue weighted by molar-refractivity contribution is 0.289. The molecule has 0 unspecified atom stereocenters. The van der Waals surface area contributed by atoms with Gasteiger partial charge in [-0.25, -0.2) is 4.79 Å². The van der Waals surface area contributed by atoms with Crippen LogP contribution in [-0.4, -0.2) is 6.73 Å². The SMILES string of the molecule is O=c1oc2c3c(ccc2c2c1CCCC2)OCN(c1cc(Cl)ccc1Cl)C3. The first-order chi connectivity index (χ1) is 13.1. The molecule has 0 fully saturated rings. The Morgan fingerprint density at radius 2 is 1.78 bits per heavy atom. The van der Waals surface area contributed by atoms with Crippen LogP contribution in [0.25, 0.3) is 11.0 Å². The van der Waals surface area contributed by atoms with E-state index in [0.29, 0.717) is 28.9 Å². The summed E-state index contributed by atoms with van der Waals surface area (Å²) in [5.41, 5.74) is 4.05. The van der Waals surface area contributed by atoms with E-state index in [4.69, 9.17) is 32.4 Å². The van der Waals surface area contributed by atoms with E-state index in [-0.39, 0.29) is 5.63 Å². The number of nitrogens with zero attached hydrogens (tertiary/aromatic N) is 1. The van der Waals surface area contributed by atoms with Crippen LogP contribution in [0.3, 0.4) is 0 Å². The topological polar surface area (TPSA) is 42.7 Å². The van der Waals surface area contributed by atoms with Crippen LogP contribution in [0.4, 0.5) is 5.69 Å². The van der Waals surface area contributed by atoms with Gasteiger partial charge in [-0.2, -0.15) is 0 Å². The molecule has 1 aromatic heterocycles. The van der Waals surface area contributed by atoms with Gasteiger partial charge in [0, 0.05) is 16.0 Å². The van der Waals surface area contributed by atoms with Crippen molar-refractivity contribution in [1.29, 1.82) is 0 Å². The van der Waals surface area contributed by atoms with Crippen LogP contribution in [0, 0.1) is 0 Å². The number of benzene rings is 2. The molecule has 0 amide bonds. The fourth-order valence-corrected chi connectivity index (χ4v) is 4.50. The quantitative estimate of drug-likeness (QED) is 0.516. The highest BCUT2D eigenvalue weighted by Gasteiger charge is 2.26. The summed E-state index contributed by atoms with van der Waals surface area (Å²) in [7, 11) is 0. The van der Waals surface area contributed by atoms with Crippen LogP contribution >= 0.6 is 23.2 Å². The normalized spacial score (nSPS) is 16.0. The number of rotatable bonds is 1. The monoisotopic (exact) mass is 401 g/mol. The van der Waals surface area contributed by atoms with Gasteiger partial charge >= 0.3 is 5.63 Å². The summed E-state index contributed by atoms with van der Waals surface area (Å²) in [6.07, 6.45) is 3.86. The number of fused-ring (bicyclic) bond motifs is 5. The van der Waals surface area contributed by atoms with Crippen molar-refractivity contribution in [2.75, 3.05) is 11.6 Å². The molecule has 138 valence electrons. The van der Waals surface area contributed by atoms with Crippen molar-refractivity contribution >= 4 is 39.9 Å². The molecule has 27 heavy (non-hydrogen) atoms. The third-order valence-electron chi connectivity index (χ3n) is 5.43. The largest absolute Gasteiger partial charge is 0.473 e. The lowest BCUT2D eigenvalue weighted by Crippen LogP contribution is -2.32. The zero-order valence-corrected chi connectivity index (χ0v) is 16.1. The molecule has 4 nitrogen and oxygen atoms in total. The maximum atomic E-state index is 12.6. The minimum Gasteiger partial charge on any atom is -0.473 e. The highest BCUT2D eigenvalue weighted by atomic mass is 35.5. The van der Waals surface area contributed by atoms with E-state index in [0.717, 1.165) is 59.2 Å². The fourth-order valence-electron chi connectivity index (χ4n) is 4.10. The molecule has 0 N–H and O–H groups in total. The summed E-state index contributed by atoms with van der Waals surface area (Å²) in [5.74, 6) is 0.746. The third-order valence-corrected chi connectivity index (χ3v) is 5.98. The van der Waals surface area contributed by atoms with Crippen molar-refractivity contribution < 1.29 is 9.15 Å². The average molecular weight is 402 g/mol. The Kier molecular flexibility index (Phi) is 4.06. The number of hydrogen-bond acceptors (Lipinski definition) is 4. The van der Waals surface area contributed by atoms with Gasteiger partial charge in [0.05, 0.1) is 22.8 Å². The molecular weight excluding hydrogens is 385 g/mol. The molecule has 3 aromatic rings. The minimum absolute atomic E-state index is 0.219. The summed E-state index contributed by atoms with van der Waals surface area (Å²) >= 11 is 12.5. The maximum absolute atomic E-state index is 12.6. The maximum Gasteiger partial charge on any atom is 0.339 e. The summed E-state index contributed by atoms with van der Waals surface area (Å²) in [4.78, 5) is 14.5. The Bertz CT molecular complexity index is 1120. The summed E-state index contributed by atoms with van der Waals surface area (Å²) < 4.78 is 11.7. The van der Waals surface area contributed by atoms with Crippen molar-refractivity contribution in [3.8, 4) is 5.75 Å². The van der Waals surface area contributed by atoms with Gasteiger partial charge in [0.15, 0.2) is 6.73 Å². The van der Waals surface area contributed by atoms with Gasteiger partial charge in [-0.3, -0.25) is 0 Å². The van der Waals surface area contributed by atoms with Crippen LogP contribution in [0.1, 0.15) is 29.5 Å². The molecule has 0 bridgehead atoms. The van der Waals surface area contributed by atoms with Crippen LogP contribution in [0.5, 0.6) is 5.75 Å². The Labute approximate surface area is 166 Å². The van der Waals surface area contributed by atoms with E-state index in [9.17, 15) is 4.79 Å². The van der Waals surface area contributed by atoms with Crippen LogP contribution < -0.4 is 15.3 Å². The standard InChI is InChI=1S/C21H17Cl2NO3/c22-12-5-7-17(23)18(9-12)24-10-16-19(26-11-24)8-6-14-13-3-1-2-4-15(13)21(25)27-20(14)16/h5-9H,1-4,10-11H2. The summed E-state index contributed by atoms with van der Waals surface area (Å²) in [6, 6.07) is 9.34. The third kappa shape index (κ3) is 2.79. The van der Waals surface area contributed by atoms with E-state index in [1.54, 1.807) is 12.1 Å². The van der Waals surface area contributed by atoms with Gasteiger partial charge in [0.2, 0.25) is 0 Å². The first kappa shape index (κ1) is 17.0. The molecule has 0 saturated carbocycles. The first-order valence-electron chi connectivity index (χ1n) is 9.05. The molecule has 0 radical (unpaired) electrons. The molecule has 6 heteroatoms. The minimum atomic E-state index is -0.219. The van der Waals surface area contributed by atoms with Crippen LogP contribution in [-0.2, 0) is 19.4 Å². The van der Waals surface area contributed by atoms with Gasteiger partial charge in [0.25, 0.3) is 0 Å². The Balaban J connectivity index is 1.66. The molecule has 5 rings (SSSR count). The molecule has 2 heterocycles. The molecule has 0 saturated heterocycles. The number of anilines is 1. The van der Waals surface area contributed by atoms with E-state index in [2.05, 4.69) is 0 Å². The lowest BCUT2D eigenvalue weighted by Gasteiger charge is -2.32. The van der Waals surface area contributed by atoms with E-state index >= 15 is 0 Å². The van der Waals surface area contributed by atoms with Gasteiger partial charge in [-0.1, -0.05) is 23.2 Å². The van der Waals surface area contributed by atoms with Crippen molar-refractivity contribution in [2.24, 2.45) is 0 Å². The van der Waals surface area contributed by atoms with Crippen molar-refractivity contribution in [3.63, 3.8) is 0 Å². The zero-order valence-electron chi connectivity index (χ0n) is 14.6. The van der Waals surface area contributed by atoms with Crippen LogP contribution in [0.2, 0.25) is 10.0 Å². The molecule has 1 aliphatic carbocycles. The van der Waals surface area contributed by atoms with Crippen molar-refractivity contribution in [1.82, 2.24) is 0 Å². The first-order valence-corrected chi connectivity index (χ1v) is 9.80. The number of halogens is 2. The van der Waals surface area contributed by atoms with Gasteiger partial charge in [0.1, 0.15) is 11.3 Å². The van der Waals surface area contributed by atoms with Crippen molar-refractivity contribution in [3.05, 3.63) is 67.5 Å². The molecule has 2 aromatic carbocycles. The second kappa shape index (κ2) is 6.47. The van der Waals surface area contributed by atoms with Gasteiger partial charge < -0.3 is 14.1 Å². The Hall–Kier alpha value is -2.17. The molecule has 0 spiro atoms. The summed E-state index contributed by atoms with van der Waals surface area (Å²) in [6.45, 7) is 0.891. The molecular formula is C21H17Cl2NO3. The molecule has 0 atom stereocenters. The smallest absolute Gasteiger partial charge is 0.339 e. The van der Waals surface area contributed by atoms with Gasteiger partial charge in [-0.15, -0.1) is 0 Å². The fraction of sp³-hybridized carbons (Fsp3) is 0.286. The average Bonchev–Trinajstić information content (AvgIpc) is 2.69. The predicted octanol–water partition coefficient (Wildman–Crippen LogP) is 5.34. The highest BCUT2D eigenvalue weighted by molar-refractivity contribution is 6.35. The molecule has 1 aliphatic heterocycles. The van der Waals surface area contributed by atoms with E-state index in [1.807, 2.05) is 23.1 Å². The second-order valence-corrected chi connectivity index (χ2v) is 7.88. The zero-order chi connectivity index (χ0) is 18.5. The van der Waals surface area contributed by atoms with E-state index < -0.39 is 0 Å². The summed E-state index contributed by atoms with van der Waals surface area (Å²) in [5, 5.41) is 2.23. The predicted molar refractivity (Wildman–Crippen MR) is 107 cm³/mol. The van der Waals surface area contributed by atoms with Gasteiger partial charge in [-0.05, 0) is 61.6 Å².